The van der Waals surface area contributed by atoms with Crippen molar-refractivity contribution in [3.63, 3.8) is 0 Å². The lowest BCUT2D eigenvalue weighted by atomic mass is 10.1. The van der Waals surface area contributed by atoms with Gasteiger partial charge in [-0.3, -0.25) is 4.79 Å². The summed E-state index contributed by atoms with van der Waals surface area (Å²) in [6.07, 6.45) is 1.66. The summed E-state index contributed by atoms with van der Waals surface area (Å²) in [6, 6.07) is 3.22. The molecule has 1 aliphatic heterocycles. The zero-order valence-electron chi connectivity index (χ0n) is 11.4. The first kappa shape index (κ1) is 14.2. The quantitative estimate of drug-likeness (QED) is 0.626. The van der Waals surface area contributed by atoms with Gasteiger partial charge in [0.05, 0.1) is 12.2 Å². The maximum absolute atomic E-state index is 12.5. The van der Waals surface area contributed by atoms with Crippen LogP contribution in [0.3, 0.4) is 0 Å². The van der Waals surface area contributed by atoms with Crippen molar-refractivity contribution in [1.82, 2.24) is 4.90 Å². The third kappa shape index (κ3) is 2.85. The lowest BCUT2D eigenvalue weighted by molar-refractivity contribution is 0.0719. The lowest BCUT2D eigenvalue weighted by Gasteiger charge is -2.21. The van der Waals surface area contributed by atoms with Gasteiger partial charge in [0.25, 0.3) is 5.91 Å². The normalized spacial score (nSPS) is 12.2. The highest BCUT2D eigenvalue weighted by atomic mass is 16.7. The first-order valence-electron chi connectivity index (χ1n) is 6.25. The highest BCUT2D eigenvalue weighted by Gasteiger charge is 2.22. The number of rotatable bonds is 6. The van der Waals surface area contributed by atoms with Gasteiger partial charge in [-0.2, -0.15) is 0 Å². The van der Waals surface area contributed by atoms with Gasteiger partial charge in [0.1, 0.15) is 0 Å². The molecule has 2 rings (SSSR count). The Hall–Kier alpha value is -2.21. The predicted molar refractivity (Wildman–Crippen MR) is 75.0 cm³/mol. The summed E-state index contributed by atoms with van der Waals surface area (Å²) in [5.41, 5.74) is 6.68. The molecule has 0 spiro atoms. The first-order valence-corrected chi connectivity index (χ1v) is 6.25. The minimum atomic E-state index is -0.183. The van der Waals surface area contributed by atoms with Gasteiger partial charge >= 0.3 is 0 Å². The summed E-state index contributed by atoms with van der Waals surface area (Å²) in [5.74, 6) is 0.914. The number of benzene rings is 1. The van der Waals surface area contributed by atoms with E-state index in [0.717, 1.165) is 0 Å². The molecule has 0 saturated heterocycles. The van der Waals surface area contributed by atoms with Crippen molar-refractivity contribution in [3.8, 4) is 11.5 Å². The molecule has 108 valence electrons. The highest BCUT2D eigenvalue weighted by molar-refractivity contribution is 6.00. The molecule has 0 atom stereocenters. The van der Waals surface area contributed by atoms with E-state index in [1.54, 1.807) is 30.2 Å². The van der Waals surface area contributed by atoms with Crippen LogP contribution in [0.1, 0.15) is 10.4 Å². The second kappa shape index (κ2) is 6.29. The van der Waals surface area contributed by atoms with Gasteiger partial charge in [0, 0.05) is 32.0 Å². The van der Waals surface area contributed by atoms with Gasteiger partial charge in [-0.1, -0.05) is 6.08 Å². The molecule has 0 unspecified atom stereocenters. The maximum Gasteiger partial charge on any atom is 0.256 e. The molecule has 1 amide bonds. The van der Waals surface area contributed by atoms with Gasteiger partial charge in [-0.25, -0.2) is 0 Å². The van der Waals surface area contributed by atoms with Crippen LogP contribution in [0.25, 0.3) is 0 Å². The molecule has 1 aromatic rings. The number of carbonyl (C=O) groups is 1. The molecule has 0 saturated carbocycles. The van der Waals surface area contributed by atoms with Crippen molar-refractivity contribution in [2.24, 2.45) is 0 Å². The van der Waals surface area contributed by atoms with Gasteiger partial charge < -0.3 is 24.8 Å². The van der Waals surface area contributed by atoms with Crippen LogP contribution in [0.5, 0.6) is 11.5 Å². The fourth-order valence-corrected chi connectivity index (χ4v) is 1.95. The predicted octanol–water partition coefficient (Wildman–Crippen LogP) is 1.27. The zero-order valence-corrected chi connectivity index (χ0v) is 11.4. The van der Waals surface area contributed by atoms with E-state index in [-0.39, 0.29) is 12.7 Å². The van der Waals surface area contributed by atoms with Gasteiger partial charge in [-0.15, -0.1) is 6.58 Å². The summed E-state index contributed by atoms with van der Waals surface area (Å²) < 4.78 is 15.5. The van der Waals surface area contributed by atoms with E-state index in [1.165, 1.54) is 0 Å². The van der Waals surface area contributed by atoms with Crippen molar-refractivity contribution in [1.29, 1.82) is 0 Å². The number of nitrogens with zero attached hydrogens (tertiary/aromatic N) is 1. The summed E-state index contributed by atoms with van der Waals surface area (Å²) in [7, 11) is 1.59. The molecule has 2 N–H and O–H groups in total. The summed E-state index contributed by atoms with van der Waals surface area (Å²) >= 11 is 0. The Morgan fingerprint density at radius 3 is 2.85 bits per heavy atom. The van der Waals surface area contributed by atoms with Crippen LogP contribution in [0, 0.1) is 0 Å². The fourth-order valence-electron chi connectivity index (χ4n) is 1.95. The zero-order chi connectivity index (χ0) is 14.5. The van der Waals surface area contributed by atoms with Crippen LogP contribution in [0.15, 0.2) is 24.8 Å². The number of hydrogen-bond donors (Lipinski definition) is 1. The molecule has 0 aliphatic carbocycles. The molecule has 0 radical (unpaired) electrons. The Morgan fingerprint density at radius 1 is 1.50 bits per heavy atom. The monoisotopic (exact) mass is 278 g/mol. The van der Waals surface area contributed by atoms with E-state index in [4.69, 9.17) is 19.9 Å². The van der Waals surface area contributed by atoms with Crippen molar-refractivity contribution < 1.29 is 19.0 Å². The smallest absolute Gasteiger partial charge is 0.256 e. The summed E-state index contributed by atoms with van der Waals surface area (Å²) in [6.45, 7) is 5.14. The Bertz CT molecular complexity index is 516. The van der Waals surface area contributed by atoms with Crippen LogP contribution < -0.4 is 15.2 Å². The van der Waals surface area contributed by atoms with E-state index in [2.05, 4.69) is 6.58 Å². The largest absolute Gasteiger partial charge is 0.454 e. The van der Waals surface area contributed by atoms with Crippen LogP contribution in [-0.2, 0) is 4.74 Å². The van der Waals surface area contributed by atoms with Crippen LogP contribution in [-0.4, -0.2) is 44.4 Å². The third-order valence-electron chi connectivity index (χ3n) is 2.98. The first-order chi connectivity index (χ1) is 9.67. The van der Waals surface area contributed by atoms with Gasteiger partial charge in [0.15, 0.2) is 11.5 Å². The number of nitrogens with two attached hydrogens (primary N) is 1. The van der Waals surface area contributed by atoms with Crippen molar-refractivity contribution in [2.75, 3.05) is 39.3 Å². The molecule has 6 heteroatoms. The molecule has 0 aromatic heterocycles. The Labute approximate surface area is 117 Å². The molecule has 20 heavy (non-hydrogen) atoms. The Morgan fingerprint density at radius 2 is 2.20 bits per heavy atom. The number of methoxy groups -OCH3 is 1. The van der Waals surface area contributed by atoms with Gasteiger partial charge in [0.2, 0.25) is 6.79 Å². The summed E-state index contributed by atoms with van der Waals surface area (Å²) in [5, 5.41) is 0. The fraction of sp³-hybridized carbons (Fsp3) is 0.357. The highest BCUT2D eigenvalue weighted by Crippen LogP contribution is 2.36. The topological polar surface area (TPSA) is 74.0 Å². The number of amides is 1. The van der Waals surface area contributed by atoms with E-state index in [1.807, 2.05) is 0 Å². The minimum Gasteiger partial charge on any atom is -0.454 e. The average molecular weight is 278 g/mol. The number of anilines is 1. The Balaban J connectivity index is 2.24. The summed E-state index contributed by atoms with van der Waals surface area (Å²) in [4.78, 5) is 14.1. The van der Waals surface area contributed by atoms with E-state index in [9.17, 15) is 4.79 Å². The van der Waals surface area contributed by atoms with E-state index < -0.39 is 0 Å². The third-order valence-corrected chi connectivity index (χ3v) is 2.98. The average Bonchev–Trinajstić information content (AvgIpc) is 2.88. The van der Waals surface area contributed by atoms with Crippen molar-refractivity contribution >= 4 is 11.6 Å². The van der Waals surface area contributed by atoms with Crippen LogP contribution in [0.4, 0.5) is 5.69 Å². The lowest BCUT2D eigenvalue weighted by Crippen LogP contribution is -2.34. The SMILES string of the molecule is C=CCN(CCOC)C(=O)c1cc2c(cc1N)OCO2. The minimum absolute atomic E-state index is 0.145. The Kier molecular flexibility index (Phi) is 4.47. The second-order valence-corrected chi connectivity index (χ2v) is 4.33. The number of ether oxygens (including phenoxy) is 3. The van der Waals surface area contributed by atoms with Crippen LogP contribution in [0.2, 0.25) is 0 Å². The van der Waals surface area contributed by atoms with Crippen molar-refractivity contribution in [3.05, 3.63) is 30.4 Å². The number of nitrogen functional groups attached to an aromatic ring is 1. The van der Waals surface area contributed by atoms with E-state index >= 15 is 0 Å². The molecule has 0 fully saturated rings. The van der Waals surface area contributed by atoms with E-state index in [0.29, 0.717) is 42.4 Å². The number of fused-ring (bicyclic) bond motifs is 1. The standard InChI is InChI=1S/C14H18N2O4/c1-3-4-16(5-6-18-2)14(17)10-7-12-13(8-11(10)15)20-9-19-12/h3,7-8H,1,4-6,9,15H2,2H3. The second-order valence-electron chi connectivity index (χ2n) is 4.33. The molecule has 0 bridgehead atoms. The van der Waals surface area contributed by atoms with Crippen molar-refractivity contribution in [2.45, 2.75) is 0 Å². The molecule has 6 nitrogen and oxygen atoms in total. The molecular formula is C14H18N2O4. The van der Waals surface area contributed by atoms with Crippen LogP contribution >= 0.6 is 0 Å². The number of hydrogen-bond acceptors (Lipinski definition) is 5. The van der Waals surface area contributed by atoms with Gasteiger partial charge in [-0.05, 0) is 6.07 Å². The number of carbonyl (C=O) groups excluding carboxylic acids is 1. The molecule has 1 aliphatic rings. The molecular weight excluding hydrogens is 260 g/mol. The molecule has 1 heterocycles. The maximum atomic E-state index is 12.5. The molecule has 1 aromatic carbocycles.